The number of hydrogen-bond acceptors (Lipinski definition) is 1. The van der Waals surface area contributed by atoms with Crippen molar-refractivity contribution in [2.45, 2.75) is 52.4 Å². The van der Waals surface area contributed by atoms with E-state index in [0.29, 0.717) is 18.0 Å². The van der Waals surface area contributed by atoms with Gasteiger partial charge in [-0.2, -0.15) is 13.2 Å². The number of nitrogens with one attached hydrogen (secondary N) is 1. The summed E-state index contributed by atoms with van der Waals surface area (Å²) in [5.41, 5.74) is 0.357. The van der Waals surface area contributed by atoms with Gasteiger partial charge in [0.05, 0.1) is 5.56 Å². The Kier molecular flexibility index (Phi) is 5.41. The van der Waals surface area contributed by atoms with Gasteiger partial charge in [0.2, 0.25) is 0 Å². The summed E-state index contributed by atoms with van der Waals surface area (Å²) in [5, 5.41) is 3.42. The Morgan fingerprint density at radius 2 is 1.53 bits per heavy atom. The van der Waals surface area contributed by atoms with Crippen LogP contribution < -0.4 is 5.32 Å². The van der Waals surface area contributed by atoms with Crippen LogP contribution in [-0.2, 0) is 12.6 Å². The summed E-state index contributed by atoms with van der Waals surface area (Å²) in [6.45, 7) is 8.38. The molecule has 0 amide bonds. The van der Waals surface area contributed by atoms with Crippen LogP contribution >= 0.6 is 0 Å². The van der Waals surface area contributed by atoms with E-state index in [1.54, 1.807) is 12.1 Å². The first-order valence-electron chi connectivity index (χ1n) is 6.62. The van der Waals surface area contributed by atoms with Crippen molar-refractivity contribution < 1.29 is 13.2 Å². The van der Waals surface area contributed by atoms with Crippen molar-refractivity contribution >= 4 is 0 Å². The molecule has 0 saturated carbocycles. The predicted octanol–water partition coefficient (Wildman–Crippen LogP) is 4.27. The molecule has 1 rings (SSSR count). The molecule has 0 bridgehead atoms. The van der Waals surface area contributed by atoms with Crippen LogP contribution in [0.2, 0.25) is 0 Å². The van der Waals surface area contributed by atoms with Crippen LogP contribution in [0.25, 0.3) is 0 Å². The molecule has 0 radical (unpaired) electrons. The summed E-state index contributed by atoms with van der Waals surface area (Å²) in [6, 6.07) is 6.20. The van der Waals surface area contributed by atoms with E-state index in [9.17, 15) is 13.2 Å². The summed E-state index contributed by atoms with van der Waals surface area (Å²) < 4.78 is 37.3. The Morgan fingerprint density at radius 1 is 1.00 bits per heavy atom. The molecule has 0 aromatic heterocycles. The third-order valence-corrected chi connectivity index (χ3v) is 3.29. The van der Waals surface area contributed by atoms with Crippen molar-refractivity contribution in [3.8, 4) is 0 Å². The van der Waals surface area contributed by atoms with Gasteiger partial charge in [-0.15, -0.1) is 0 Å². The average molecular weight is 273 g/mol. The van der Waals surface area contributed by atoms with Gasteiger partial charge in [-0.1, -0.05) is 32.9 Å². The maximum atomic E-state index is 12.4. The maximum Gasteiger partial charge on any atom is 0.416 e. The summed E-state index contributed by atoms with van der Waals surface area (Å²) in [4.78, 5) is 0. The lowest BCUT2D eigenvalue weighted by molar-refractivity contribution is -0.137. The molecule has 19 heavy (non-hydrogen) atoms. The topological polar surface area (TPSA) is 12.0 Å². The monoisotopic (exact) mass is 273 g/mol. The van der Waals surface area contributed by atoms with E-state index in [2.05, 4.69) is 33.0 Å². The molecule has 0 fully saturated rings. The standard InChI is InChI=1S/C15H22F3N/c1-10(2)19-12(4)11(3)9-13-5-7-14(8-6-13)15(16,17)18/h5-8,10-12,19H,9H2,1-4H3. The molecule has 0 spiro atoms. The lowest BCUT2D eigenvalue weighted by Gasteiger charge is -2.23. The maximum absolute atomic E-state index is 12.4. The van der Waals surface area contributed by atoms with Crippen LogP contribution in [0, 0.1) is 5.92 Å². The minimum atomic E-state index is -4.25. The molecule has 1 nitrogen and oxygen atoms in total. The number of alkyl halides is 3. The molecule has 108 valence electrons. The smallest absolute Gasteiger partial charge is 0.312 e. The molecule has 0 aliphatic heterocycles. The fraction of sp³-hybridized carbons (Fsp3) is 0.600. The zero-order chi connectivity index (χ0) is 14.6. The van der Waals surface area contributed by atoms with E-state index in [0.717, 1.165) is 24.1 Å². The predicted molar refractivity (Wildman–Crippen MR) is 72.0 cm³/mol. The van der Waals surface area contributed by atoms with Crippen LogP contribution in [0.1, 0.15) is 38.8 Å². The zero-order valence-electron chi connectivity index (χ0n) is 11.9. The van der Waals surface area contributed by atoms with Gasteiger partial charge in [0.25, 0.3) is 0 Å². The fourth-order valence-corrected chi connectivity index (χ4v) is 2.07. The van der Waals surface area contributed by atoms with E-state index < -0.39 is 11.7 Å². The lowest BCUT2D eigenvalue weighted by Crippen LogP contribution is -2.37. The summed E-state index contributed by atoms with van der Waals surface area (Å²) in [7, 11) is 0. The molecule has 2 unspecified atom stereocenters. The van der Waals surface area contributed by atoms with Crippen LogP contribution in [-0.4, -0.2) is 12.1 Å². The first-order valence-corrected chi connectivity index (χ1v) is 6.62. The van der Waals surface area contributed by atoms with Gasteiger partial charge in [0.1, 0.15) is 0 Å². The molecule has 0 saturated heterocycles. The van der Waals surface area contributed by atoms with Crippen molar-refractivity contribution in [3.05, 3.63) is 35.4 Å². The second kappa shape index (κ2) is 6.42. The highest BCUT2D eigenvalue weighted by atomic mass is 19.4. The van der Waals surface area contributed by atoms with Crippen molar-refractivity contribution in [2.24, 2.45) is 5.92 Å². The quantitative estimate of drug-likeness (QED) is 0.844. The Bertz CT molecular complexity index is 381. The third kappa shape index (κ3) is 5.23. The van der Waals surface area contributed by atoms with Gasteiger partial charge in [0.15, 0.2) is 0 Å². The van der Waals surface area contributed by atoms with Gasteiger partial charge in [-0.05, 0) is 37.0 Å². The van der Waals surface area contributed by atoms with E-state index in [-0.39, 0.29) is 0 Å². The molecule has 0 aliphatic carbocycles. The van der Waals surface area contributed by atoms with E-state index in [4.69, 9.17) is 0 Å². The highest BCUT2D eigenvalue weighted by molar-refractivity contribution is 5.25. The highest BCUT2D eigenvalue weighted by Crippen LogP contribution is 2.29. The largest absolute Gasteiger partial charge is 0.416 e. The van der Waals surface area contributed by atoms with Crippen molar-refractivity contribution in [1.82, 2.24) is 5.32 Å². The van der Waals surface area contributed by atoms with Crippen LogP contribution in [0.3, 0.4) is 0 Å². The molecule has 0 aliphatic rings. The van der Waals surface area contributed by atoms with Gasteiger partial charge in [-0.3, -0.25) is 0 Å². The minimum Gasteiger partial charge on any atom is -0.312 e. The average Bonchev–Trinajstić information content (AvgIpc) is 2.27. The van der Waals surface area contributed by atoms with Gasteiger partial charge >= 0.3 is 6.18 Å². The number of rotatable bonds is 5. The fourth-order valence-electron chi connectivity index (χ4n) is 2.07. The SMILES string of the molecule is CC(C)NC(C)C(C)Cc1ccc(C(F)(F)F)cc1. The summed E-state index contributed by atoms with van der Waals surface area (Å²) in [5.74, 6) is 0.374. The second-order valence-electron chi connectivity index (χ2n) is 5.49. The molecule has 0 heterocycles. The summed E-state index contributed by atoms with van der Waals surface area (Å²) >= 11 is 0. The van der Waals surface area contributed by atoms with Gasteiger partial charge in [-0.25, -0.2) is 0 Å². The molecule has 1 aromatic carbocycles. The second-order valence-corrected chi connectivity index (χ2v) is 5.49. The normalized spacial score (nSPS) is 15.6. The van der Waals surface area contributed by atoms with Crippen molar-refractivity contribution in [3.63, 3.8) is 0 Å². The van der Waals surface area contributed by atoms with E-state index in [1.807, 2.05) is 0 Å². The molecule has 1 aromatic rings. The first kappa shape index (κ1) is 16.0. The van der Waals surface area contributed by atoms with Crippen LogP contribution in [0.5, 0.6) is 0 Å². The van der Waals surface area contributed by atoms with Crippen molar-refractivity contribution in [1.29, 1.82) is 0 Å². The Balaban J connectivity index is 2.63. The Morgan fingerprint density at radius 3 is 1.95 bits per heavy atom. The Hall–Kier alpha value is -1.03. The molecule has 1 N–H and O–H groups in total. The number of halogens is 3. The summed E-state index contributed by atoms with van der Waals surface area (Å²) in [6.07, 6.45) is -3.48. The van der Waals surface area contributed by atoms with Gasteiger partial charge in [0, 0.05) is 12.1 Å². The third-order valence-electron chi connectivity index (χ3n) is 3.29. The molecule has 2 atom stereocenters. The molecular formula is C15H22F3N. The number of benzene rings is 1. The Labute approximate surface area is 113 Å². The molecule has 4 heteroatoms. The van der Waals surface area contributed by atoms with E-state index >= 15 is 0 Å². The van der Waals surface area contributed by atoms with E-state index in [1.165, 1.54) is 0 Å². The number of hydrogen-bond donors (Lipinski definition) is 1. The van der Waals surface area contributed by atoms with Crippen molar-refractivity contribution in [2.75, 3.05) is 0 Å². The zero-order valence-corrected chi connectivity index (χ0v) is 11.9. The minimum absolute atomic E-state index is 0.335. The highest BCUT2D eigenvalue weighted by Gasteiger charge is 2.30. The van der Waals surface area contributed by atoms with Gasteiger partial charge < -0.3 is 5.32 Å². The van der Waals surface area contributed by atoms with Crippen LogP contribution in [0.4, 0.5) is 13.2 Å². The van der Waals surface area contributed by atoms with Crippen LogP contribution in [0.15, 0.2) is 24.3 Å². The lowest BCUT2D eigenvalue weighted by atomic mass is 9.94. The molecular weight excluding hydrogens is 251 g/mol. The first-order chi connectivity index (χ1) is 8.70.